The maximum atomic E-state index is 13.8. The number of hydrogen-bond donors (Lipinski definition) is 2. The average molecular weight is 366 g/mol. The summed E-state index contributed by atoms with van der Waals surface area (Å²) in [6.45, 7) is 1.50. The molecule has 0 saturated heterocycles. The summed E-state index contributed by atoms with van der Waals surface area (Å²) in [7, 11) is 0. The van der Waals surface area contributed by atoms with Gasteiger partial charge >= 0.3 is 0 Å². The van der Waals surface area contributed by atoms with Crippen LogP contribution in [0.15, 0.2) is 36.4 Å². The molecule has 2 aromatic carbocycles. The SMILES string of the molecule is Cc1nc(Nc2ccc(F)c(F)c2F)cc(Nc2c(F)cccc2F)n1. The van der Waals surface area contributed by atoms with Crippen molar-refractivity contribution in [2.75, 3.05) is 10.6 Å². The van der Waals surface area contributed by atoms with Crippen molar-refractivity contribution in [3.05, 3.63) is 71.3 Å². The van der Waals surface area contributed by atoms with Crippen LogP contribution in [-0.2, 0) is 0 Å². The van der Waals surface area contributed by atoms with Gasteiger partial charge in [0.2, 0.25) is 0 Å². The highest BCUT2D eigenvalue weighted by atomic mass is 19.2. The first-order valence-corrected chi connectivity index (χ1v) is 7.32. The van der Waals surface area contributed by atoms with Gasteiger partial charge in [0.1, 0.15) is 34.8 Å². The number of nitrogens with one attached hydrogen (secondary N) is 2. The number of nitrogens with zero attached hydrogens (tertiary/aromatic N) is 2. The maximum absolute atomic E-state index is 13.8. The number of aromatic nitrogens is 2. The molecule has 0 bridgehead atoms. The molecule has 4 nitrogen and oxygen atoms in total. The summed E-state index contributed by atoms with van der Waals surface area (Å²) in [5, 5.41) is 4.95. The monoisotopic (exact) mass is 366 g/mol. The summed E-state index contributed by atoms with van der Waals surface area (Å²) in [6, 6.07) is 6.32. The Morgan fingerprint density at radius 1 is 0.731 bits per heavy atom. The molecule has 0 amide bonds. The van der Waals surface area contributed by atoms with Gasteiger partial charge in [-0.3, -0.25) is 0 Å². The lowest BCUT2D eigenvalue weighted by atomic mass is 10.2. The topological polar surface area (TPSA) is 49.8 Å². The van der Waals surface area contributed by atoms with E-state index < -0.39 is 34.8 Å². The van der Waals surface area contributed by atoms with E-state index in [0.717, 1.165) is 24.3 Å². The first-order chi connectivity index (χ1) is 12.3. The molecule has 1 aromatic heterocycles. The van der Waals surface area contributed by atoms with E-state index in [0.29, 0.717) is 0 Å². The molecule has 0 spiro atoms. The zero-order valence-electron chi connectivity index (χ0n) is 13.2. The smallest absolute Gasteiger partial charge is 0.196 e. The minimum atomic E-state index is -1.63. The second-order valence-electron chi connectivity index (χ2n) is 5.26. The van der Waals surface area contributed by atoms with Gasteiger partial charge < -0.3 is 10.6 Å². The first-order valence-electron chi connectivity index (χ1n) is 7.32. The molecule has 0 unspecified atom stereocenters. The van der Waals surface area contributed by atoms with Crippen molar-refractivity contribution >= 4 is 23.0 Å². The Morgan fingerprint density at radius 3 is 2.00 bits per heavy atom. The Hall–Kier alpha value is -3.23. The molecule has 0 aliphatic rings. The van der Waals surface area contributed by atoms with Crippen molar-refractivity contribution in [1.82, 2.24) is 9.97 Å². The number of aryl methyl sites for hydroxylation is 1. The fraction of sp³-hybridized carbons (Fsp3) is 0.0588. The normalized spacial score (nSPS) is 10.7. The molecule has 0 saturated carbocycles. The van der Waals surface area contributed by atoms with Crippen LogP contribution in [0.4, 0.5) is 45.0 Å². The van der Waals surface area contributed by atoms with Gasteiger partial charge in [0, 0.05) is 6.07 Å². The van der Waals surface area contributed by atoms with E-state index in [2.05, 4.69) is 20.6 Å². The Labute approximate surface area is 144 Å². The predicted molar refractivity (Wildman–Crippen MR) is 86.0 cm³/mol. The van der Waals surface area contributed by atoms with Crippen LogP contribution < -0.4 is 10.6 Å². The van der Waals surface area contributed by atoms with Crippen LogP contribution in [-0.4, -0.2) is 9.97 Å². The Kier molecular flexibility index (Phi) is 4.70. The number of halogens is 5. The number of rotatable bonds is 4. The molecule has 134 valence electrons. The molecule has 0 atom stereocenters. The van der Waals surface area contributed by atoms with Crippen molar-refractivity contribution in [1.29, 1.82) is 0 Å². The van der Waals surface area contributed by atoms with E-state index in [1.165, 1.54) is 19.1 Å². The van der Waals surface area contributed by atoms with Gasteiger partial charge in [-0.05, 0) is 31.2 Å². The molecular weight excluding hydrogens is 355 g/mol. The van der Waals surface area contributed by atoms with E-state index >= 15 is 0 Å². The number of hydrogen-bond acceptors (Lipinski definition) is 4. The summed E-state index contributed by atoms with van der Waals surface area (Å²) in [5.41, 5.74) is -0.777. The second kappa shape index (κ2) is 6.95. The Bertz CT molecular complexity index is 957. The van der Waals surface area contributed by atoms with Gasteiger partial charge in [0.05, 0.1) is 5.69 Å². The third kappa shape index (κ3) is 3.56. The van der Waals surface area contributed by atoms with Gasteiger partial charge in [-0.2, -0.15) is 0 Å². The lowest BCUT2D eigenvalue weighted by molar-refractivity contribution is 0.449. The van der Waals surface area contributed by atoms with E-state index in [1.54, 1.807) is 0 Å². The molecule has 0 fully saturated rings. The highest BCUT2D eigenvalue weighted by molar-refractivity contribution is 5.64. The summed E-state index contributed by atoms with van der Waals surface area (Å²) < 4.78 is 67.5. The second-order valence-corrected chi connectivity index (χ2v) is 5.26. The molecule has 2 N–H and O–H groups in total. The van der Waals surface area contributed by atoms with Crippen molar-refractivity contribution in [3.63, 3.8) is 0 Å². The van der Waals surface area contributed by atoms with E-state index in [1.807, 2.05) is 0 Å². The molecule has 26 heavy (non-hydrogen) atoms. The number of para-hydroxylation sites is 1. The van der Waals surface area contributed by atoms with Gasteiger partial charge in [0.25, 0.3) is 0 Å². The van der Waals surface area contributed by atoms with Gasteiger partial charge in [0.15, 0.2) is 17.5 Å². The lowest BCUT2D eigenvalue weighted by Gasteiger charge is -2.12. The lowest BCUT2D eigenvalue weighted by Crippen LogP contribution is -2.05. The minimum absolute atomic E-state index is 0.0154. The van der Waals surface area contributed by atoms with E-state index in [-0.39, 0.29) is 23.1 Å². The van der Waals surface area contributed by atoms with Crippen LogP contribution in [0.3, 0.4) is 0 Å². The van der Waals surface area contributed by atoms with Crippen LogP contribution in [0.2, 0.25) is 0 Å². The summed E-state index contributed by atoms with van der Waals surface area (Å²) in [5.74, 6) is -5.82. The highest BCUT2D eigenvalue weighted by Gasteiger charge is 2.15. The first kappa shape index (κ1) is 17.6. The zero-order chi connectivity index (χ0) is 18.8. The van der Waals surface area contributed by atoms with E-state index in [9.17, 15) is 22.0 Å². The summed E-state index contributed by atoms with van der Waals surface area (Å²) in [6.07, 6.45) is 0. The van der Waals surface area contributed by atoms with Gasteiger partial charge in [-0.25, -0.2) is 31.9 Å². The van der Waals surface area contributed by atoms with Crippen molar-refractivity contribution in [2.24, 2.45) is 0 Å². The van der Waals surface area contributed by atoms with Crippen LogP contribution >= 0.6 is 0 Å². The molecule has 0 radical (unpaired) electrons. The van der Waals surface area contributed by atoms with Crippen LogP contribution in [0.5, 0.6) is 0 Å². The molecule has 0 aliphatic heterocycles. The zero-order valence-corrected chi connectivity index (χ0v) is 13.2. The molecular formula is C17H11F5N4. The van der Waals surface area contributed by atoms with Crippen molar-refractivity contribution in [2.45, 2.75) is 6.92 Å². The van der Waals surface area contributed by atoms with Gasteiger partial charge in [-0.15, -0.1) is 0 Å². The molecule has 3 rings (SSSR count). The maximum Gasteiger partial charge on any atom is 0.196 e. The van der Waals surface area contributed by atoms with E-state index in [4.69, 9.17) is 0 Å². The minimum Gasteiger partial charge on any atom is -0.338 e. The number of benzene rings is 2. The largest absolute Gasteiger partial charge is 0.338 e. The Balaban J connectivity index is 1.92. The molecule has 3 aromatic rings. The Morgan fingerprint density at radius 2 is 1.35 bits per heavy atom. The molecule has 0 aliphatic carbocycles. The molecule has 1 heterocycles. The predicted octanol–water partition coefficient (Wildman–Crippen LogP) is 4.97. The van der Waals surface area contributed by atoms with Crippen molar-refractivity contribution in [3.8, 4) is 0 Å². The highest BCUT2D eigenvalue weighted by Crippen LogP contribution is 2.26. The van der Waals surface area contributed by atoms with Crippen molar-refractivity contribution < 1.29 is 22.0 Å². The molecule has 9 heteroatoms. The third-order valence-corrected chi connectivity index (χ3v) is 3.35. The fourth-order valence-electron chi connectivity index (χ4n) is 2.20. The van der Waals surface area contributed by atoms with Crippen LogP contribution in [0, 0.1) is 36.0 Å². The average Bonchev–Trinajstić information content (AvgIpc) is 2.58. The summed E-state index contributed by atoms with van der Waals surface area (Å²) in [4.78, 5) is 7.96. The standard InChI is InChI=1S/C17H11F5N4/c1-8-23-13(25-12-6-5-9(18)15(21)16(12)22)7-14(24-8)26-17-10(19)3-2-4-11(17)20/h2-7H,1H3,(H2,23,24,25,26). The van der Waals surface area contributed by atoms with Gasteiger partial charge in [-0.1, -0.05) is 6.07 Å². The quantitative estimate of drug-likeness (QED) is 0.506. The fourth-order valence-corrected chi connectivity index (χ4v) is 2.20. The summed E-state index contributed by atoms with van der Waals surface area (Å²) >= 11 is 0. The third-order valence-electron chi connectivity index (χ3n) is 3.35. The number of anilines is 4. The van der Waals surface area contributed by atoms with Crippen LogP contribution in [0.1, 0.15) is 5.82 Å². The van der Waals surface area contributed by atoms with Crippen LogP contribution in [0.25, 0.3) is 0 Å².